The molecular formula is C15H19NO5. The minimum absolute atomic E-state index is 0.338. The first-order valence-corrected chi connectivity index (χ1v) is 6.83. The highest BCUT2D eigenvalue weighted by molar-refractivity contribution is 5.94. The number of hydrogen-bond donors (Lipinski definition) is 1. The Kier molecular flexibility index (Phi) is 5.16. The Hall–Kier alpha value is -2.08. The van der Waals surface area contributed by atoms with Crippen LogP contribution in [-0.4, -0.2) is 38.3 Å². The van der Waals surface area contributed by atoms with Gasteiger partial charge in [0.05, 0.1) is 12.8 Å². The fourth-order valence-corrected chi connectivity index (χ4v) is 2.10. The number of nitrogens with one attached hydrogen (secondary N) is 1. The number of methoxy groups -OCH3 is 1. The van der Waals surface area contributed by atoms with Gasteiger partial charge in [-0.25, -0.2) is 4.79 Å². The summed E-state index contributed by atoms with van der Waals surface area (Å²) in [7, 11) is 1.53. The summed E-state index contributed by atoms with van der Waals surface area (Å²) in [6.45, 7) is 2.13. The maximum absolute atomic E-state index is 11.8. The number of esters is 1. The second kappa shape index (κ2) is 7.08. The Morgan fingerprint density at radius 2 is 2.24 bits per heavy atom. The number of ether oxygens (including phenoxy) is 3. The van der Waals surface area contributed by atoms with E-state index in [0.29, 0.717) is 24.5 Å². The van der Waals surface area contributed by atoms with Gasteiger partial charge in [0.2, 0.25) is 0 Å². The highest BCUT2D eigenvalue weighted by Gasteiger charge is 2.25. The van der Waals surface area contributed by atoms with Gasteiger partial charge in [0, 0.05) is 6.61 Å². The van der Waals surface area contributed by atoms with Gasteiger partial charge >= 0.3 is 5.97 Å². The quantitative estimate of drug-likeness (QED) is 0.836. The summed E-state index contributed by atoms with van der Waals surface area (Å²) in [5.41, 5.74) is 1.54. The van der Waals surface area contributed by atoms with Gasteiger partial charge < -0.3 is 19.5 Å². The predicted octanol–water partition coefficient (Wildman–Crippen LogP) is 1.66. The number of amides is 1. The van der Waals surface area contributed by atoms with Crippen molar-refractivity contribution in [3.8, 4) is 5.75 Å². The van der Waals surface area contributed by atoms with E-state index in [9.17, 15) is 9.59 Å². The third-order valence-electron chi connectivity index (χ3n) is 3.17. The highest BCUT2D eigenvalue weighted by atomic mass is 16.6. The van der Waals surface area contributed by atoms with Crippen LogP contribution >= 0.6 is 0 Å². The summed E-state index contributed by atoms with van der Waals surface area (Å²) in [6.07, 6.45) is 0.949. The molecule has 1 aromatic rings. The van der Waals surface area contributed by atoms with E-state index >= 15 is 0 Å². The van der Waals surface area contributed by atoms with Crippen molar-refractivity contribution in [2.24, 2.45) is 0 Å². The van der Waals surface area contributed by atoms with Gasteiger partial charge in [-0.2, -0.15) is 0 Å². The Balaban J connectivity index is 1.86. The molecule has 1 fully saturated rings. The fraction of sp³-hybridized carbons (Fsp3) is 0.467. The zero-order chi connectivity index (χ0) is 15.2. The Morgan fingerprint density at radius 1 is 1.43 bits per heavy atom. The maximum atomic E-state index is 11.8. The summed E-state index contributed by atoms with van der Waals surface area (Å²) in [4.78, 5) is 23.5. The molecule has 1 aromatic carbocycles. The van der Waals surface area contributed by atoms with E-state index < -0.39 is 18.0 Å². The van der Waals surface area contributed by atoms with Crippen LogP contribution in [0.3, 0.4) is 0 Å². The monoisotopic (exact) mass is 293 g/mol. The SMILES string of the molecule is COc1ccc(C)cc1NC(=O)COC(=O)[C@H]1CCCO1. The van der Waals surface area contributed by atoms with Crippen LogP contribution in [0.15, 0.2) is 18.2 Å². The Labute approximate surface area is 123 Å². The van der Waals surface area contributed by atoms with E-state index in [4.69, 9.17) is 14.2 Å². The molecule has 1 heterocycles. The lowest BCUT2D eigenvalue weighted by molar-refractivity contribution is -0.156. The Morgan fingerprint density at radius 3 is 2.90 bits per heavy atom. The van der Waals surface area contributed by atoms with Crippen LogP contribution in [0.1, 0.15) is 18.4 Å². The molecule has 1 aliphatic heterocycles. The van der Waals surface area contributed by atoms with Crippen LogP contribution in [0.2, 0.25) is 0 Å². The average molecular weight is 293 g/mol. The highest BCUT2D eigenvalue weighted by Crippen LogP contribution is 2.25. The van der Waals surface area contributed by atoms with E-state index in [0.717, 1.165) is 12.0 Å². The third kappa shape index (κ3) is 4.19. The number of anilines is 1. The molecular weight excluding hydrogens is 274 g/mol. The minimum Gasteiger partial charge on any atom is -0.495 e. The van der Waals surface area contributed by atoms with Crippen molar-refractivity contribution in [3.05, 3.63) is 23.8 Å². The van der Waals surface area contributed by atoms with Crippen LogP contribution in [-0.2, 0) is 19.1 Å². The summed E-state index contributed by atoms with van der Waals surface area (Å²) in [6, 6.07) is 5.44. The number of hydrogen-bond acceptors (Lipinski definition) is 5. The molecule has 0 bridgehead atoms. The first-order valence-electron chi connectivity index (χ1n) is 6.83. The number of carbonyl (C=O) groups excluding carboxylic acids is 2. The van der Waals surface area contributed by atoms with Crippen LogP contribution in [0.25, 0.3) is 0 Å². The first kappa shape index (κ1) is 15.3. The fourth-order valence-electron chi connectivity index (χ4n) is 2.10. The van der Waals surface area contributed by atoms with Gasteiger partial charge in [0.1, 0.15) is 5.75 Å². The first-order chi connectivity index (χ1) is 10.1. The lowest BCUT2D eigenvalue weighted by Gasteiger charge is -2.12. The molecule has 0 radical (unpaired) electrons. The van der Waals surface area contributed by atoms with Gasteiger partial charge in [-0.05, 0) is 37.5 Å². The van der Waals surface area contributed by atoms with Crippen LogP contribution in [0.4, 0.5) is 5.69 Å². The molecule has 0 saturated carbocycles. The van der Waals surface area contributed by atoms with Gasteiger partial charge in [-0.15, -0.1) is 0 Å². The molecule has 1 aliphatic rings. The molecule has 1 atom stereocenters. The second-order valence-electron chi connectivity index (χ2n) is 4.86. The maximum Gasteiger partial charge on any atom is 0.335 e. The minimum atomic E-state index is -0.536. The predicted molar refractivity (Wildman–Crippen MR) is 76.3 cm³/mol. The van der Waals surface area contributed by atoms with Crippen molar-refractivity contribution in [3.63, 3.8) is 0 Å². The molecule has 114 valence electrons. The molecule has 0 spiro atoms. The van der Waals surface area contributed by atoms with Crippen LogP contribution in [0, 0.1) is 6.92 Å². The normalized spacial score (nSPS) is 17.3. The van der Waals surface area contributed by atoms with Crippen LogP contribution in [0.5, 0.6) is 5.75 Å². The summed E-state index contributed by atoms with van der Waals surface area (Å²) >= 11 is 0. The topological polar surface area (TPSA) is 73.9 Å². The molecule has 0 aromatic heterocycles. The van der Waals surface area contributed by atoms with Crippen molar-refractivity contribution in [2.75, 3.05) is 25.6 Å². The van der Waals surface area contributed by atoms with Crippen molar-refractivity contribution in [2.45, 2.75) is 25.9 Å². The van der Waals surface area contributed by atoms with Gasteiger partial charge in [-0.1, -0.05) is 6.07 Å². The smallest absolute Gasteiger partial charge is 0.335 e. The van der Waals surface area contributed by atoms with Crippen molar-refractivity contribution in [1.82, 2.24) is 0 Å². The third-order valence-corrected chi connectivity index (χ3v) is 3.17. The van der Waals surface area contributed by atoms with Gasteiger partial charge in [0.25, 0.3) is 5.91 Å². The van der Waals surface area contributed by atoms with E-state index in [2.05, 4.69) is 5.32 Å². The number of carbonyl (C=O) groups is 2. The number of rotatable bonds is 5. The van der Waals surface area contributed by atoms with E-state index in [1.54, 1.807) is 12.1 Å². The zero-order valence-electron chi connectivity index (χ0n) is 12.2. The molecule has 2 rings (SSSR count). The van der Waals surface area contributed by atoms with E-state index in [1.165, 1.54) is 7.11 Å². The molecule has 1 saturated heterocycles. The number of benzene rings is 1. The standard InChI is InChI=1S/C15H19NO5/c1-10-5-6-12(19-2)11(8-10)16-14(17)9-21-15(18)13-4-3-7-20-13/h5-6,8,13H,3-4,7,9H2,1-2H3,(H,16,17)/t13-/m1/s1. The number of aryl methyl sites for hydroxylation is 1. The summed E-state index contributed by atoms with van der Waals surface area (Å²) in [5.74, 6) is -0.344. The zero-order valence-corrected chi connectivity index (χ0v) is 12.2. The van der Waals surface area contributed by atoms with Crippen molar-refractivity contribution < 1.29 is 23.8 Å². The second-order valence-corrected chi connectivity index (χ2v) is 4.86. The van der Waals surface area contributed by atoms with Gasteiger partial charge in [0.15, 0.2) is 12.7 Å². The van der Waals surface area contributed by atoms with Crippen molar-refractivity contribution >= 4 is 17.6 Å². The van der Waals surface area contributed by atoms with E-state index in [1.807, 2.05) is 13.0 Å². The Bertz CT molecular complexity index is 523. The summed E-state index contributed by atoms with van der Waals surface area (Å²) in [5, 5.41) is 2.67. The lowest BCUT2D eigenvalue weighted by Crippen LogP contribution is -2.27. The van der Waals surface area contributed by atoms with Crippen molar-refractivity contribution in [1.29, 1.82) is 0 Å². The average Bonchev–Trinajstić information content (AvgIpc) is 2.99. The summed E-state index contributed by atoms with van der Waals surface area (Å²) < 4.78 is 15.3. The molecule has 1 amide bonds. The molecule has 0 aliphatic carbocycles. The molecule has 0 unspecified atom stereocenters. The van der Waals surface area contributed by atoms with E-state index in [-0.39, 0.29) is 6.61 Å². The van der Waals surface area contributed by atoms with Gasteiger partial charge in [-0.3, -0.25) is 4.79 Å². The molecule has 6 nitrogen and oxygen atoms in total. The molecule has 6 heteroatoms. The molecule has 21 heavy (non-hydrogen) atoms. The largest absolute Gasteiger partial charge is 0.495 e. The van der Waals surface area contributed by atoms with Crippen LogP contribution < -0.4 is 10.1 Å². The lowest BCUT2D eigenvalue weighted by atomic mass is 10.2. The molecule has 1 N–H and O–H groups in total.